The molecule has 4 rings (SSSR count). The number of aromatic nitrogens is 4. The van der Waals surface area contributed by atoms with Gasteiger partial charge in [-0.25, -0.2) is 19.2 Å². The molecular formula is C20H20FN7O2. The Labute approximate surface area is 171 Å². The molecule has 30 heavy (non-hydrogen) atoms. The minimum Gasteiger partial charge on any atom is -0.382 e. The van der Waals surface area contributed by atoms with Gasteiger partial charge in [0.1, 0.15) is 11.6 Å². The van der Waals surface area contributed by atoms with Gasteiger partial charge in [0.15, 0.2) is 11.5 Å². The summed E-state index contributed by atoms with van der Waals surface area (Å²) in [6, 6.07) is 6.04. The number of H-pyrrole nitrogens is 1. The molecule has 0 aliphatic carbocycles. The minimum absolute atomic E-state index is 0.108. The zero-order valence-corrected chi connectivity index (χ0v) is 16.1. The van der Waals surface area contributed by atoms with E-state index in [0.29, 0.717) is 5.69 Å². The number of nitrogens with two attached hydrogens (primary N) is 1. The SMILES string of the molecule is Nc1ncc(-c2ccccc2F)nc1C(=O)Nc1[nH]c(=O)ncc1N1CCCCC1. The van der Waals surface area contributed by atoms with Crippen LogP contribution in [-0.4, -0.2) is 38.9 Å². The van der Waals surface area contributed by atoms with Gasteiger partial charge >= 0.3 is 5.69 Å². The van der Waals surface area contributed by atoms with Gasteiger partial charge < -0.3 is 16.0 Å². The van der Waals surface area contributed by atoms with Gasteiger partial charge in [0, 0.05) is 18.7 Å². The molecule has 0 bridgehead atoms. The third-order valence-electron chi connectivity index (χ3n) is 4.89. The number of nitrogens with one attached hydrogen (secondary N) is 2. The number of halogens is 1. The van der Waals surface area contributed by atoms with Crippen molar-refractivity contribution in [1.29, 1.82) is 0 Å². The molecule has 10 heteroatoms. The highest BCUT2D eigenvalue weighted by Crippen LogP contribution is 2.26. The van der Waals surface area contributed by atoms with E-state index >= 15 is 0 Å². The molecule has 1 saturated heterocycles. The average Bonchev–Trinajstić information content (AvgIpc) is 2.75. The van der Waals surface area contributed by atoms with Crippen LogP contribution in [0, 0.1) is 5.82 Å². The number of amides is 1. The van der Waals surface area contributed by atoms with Crippen molar-refractivity contribution in [2.75, 3.05) is 29.0 Å². The molecule has 1 aliphatic heterocycles. The van der Waals surface area contributed by atoms with Crippen LogP contribution in [-0.2, 0) is 0 Å². The summed E-state index contributed by atoms with van der Waals surface area (Å²) >= 11 is 0. The fraction of sp³-hybridized carbons (Fsp3) is 0.250. The summed E-state index contributed by atoms with van der Waals surface area (Å²) in [6.45, 7) is 1.59. The van der Waals surface area contributed by atoms with Crippen molar-refractivity contribution >= 4 is 23.2 Å². The van der Waals surface area contributed by atoms with Gasteiger partial charge in [-0.3, -0.25) is 9.78 Å². The van der Waals surface area contributed by atoms with E-state index in [0.717, 1.165) is 32.4 Å². The Morgan fingerprint density at radius 1 is 1.13 bits per heavy atom. The third-order valence-corrected chi connectivity index (χ3v) is 4.89. The summed E-state index contributed by atoms with van der Waals surface area (Å²) in [5, 5.41) is 2.65. The summed E-state index contributed by atoms with van der Waals surface area (Å²) in [5.74, 6) is -1.06. The van der Waals surface area contributed by atoms with Crippen LogP contribution in [0.3, 0.4) is 0 Å². The molecule has 0 spiro atoms. The second-order valence-electron chi connectivity index (χ2n) is 6.92. The van der Waals surface area contributed by atoms with Crippen molar-refractivity contribution in [2.24, 2.45) is 0 Å². The molecule has 4 N–H and O–H groups in total. The molecule has 154 valence electrons. The van der Waals surface area contributed by atoms with Crippen molar-refractivity contribution in [1.82, 2.24) is 19.9 Å². The lowest BCUT2D eigenvalue weighted by molar-refractivity contribution is 0.102. The Morgan fingerprint density at radius 2 is 1.90 bits per heavy atom. The van der Waals surface area contributed by atoms with Gasteiger partial charge in [0.05, 0.1) is 23.8 Å². The van der Waals surface area contributed by atoms with Gasteiger partial charge in [-0.2, -0.15) is 4.98 Å². The lowest BCUT2D eigenvalue weighted by atomic mass is 10.1. The predicted octanol–water partition coefficient (Wildman–Crippen LogP) is 2.19. The number of rotatable bonds is 4. The zero-order chi connectivity index (χ0) is 21.1. The van der Waals surface area contributed by atoms with E-state index in [1.165, 1.54) is 24.5 Å². The topological polar surface area (TPSA) is 130 Å². The number of hydrogen-bond donors (Lipinski definition) is 3. The summed E-state index contributed by atoms with van der Waals surface area (Å²) in [7, 11) is 0. The van der Waals surface area contributed by atoms with E-state index < -0.39 is 17.4 Å². The molecule has 1 fully saturated rings. The van der Waals surface area contributed by atoms with Crippen molar-refractivity contribution in [3.05, 3.63) is 58.7 Å². The molecule has 3 aromatic rings. The standard InChI is InChI=1S/C20H20FN7O2/c21-13-7-3-2-6-12(13)14-10-23-17(22)16(25-14)19(29)26-18-15(11-24-20(30)27-18)28-8-4-1-5-9-28/h2-3,6-7,10-11H,1,4-5,8-9H2,(H2,22,23)(H2,24,26,27,29,30). The van der Waals surface area contributed by atoms with Crippen molar-refractivity contribution in [3.63, 3.8) is 0 Å². The Kier molecular flexibility index (Phi) is 5.38. The second-order valence-corrected chi connectivity index (χ2v) is 6.92. The third kappa shape index (κ3) is 3.97. The van der Waals surface area contributed by atoms with Crippen LogP contribution in [0.25, 0.3) is 11.3 Å². The van der Waals surface area contributed by atoms with E-state index in [4.69, 9.17) is 5.73 Å². The first-order valence-corrected chi connectivity index (χ1v) is 9.56. The maximum atomic E-state index is 14.1. The van der Waals surface area contributed by atoms with Crippen LogP contribution in [0.1, 0.15) is 29.8 Å². The van der Waals surface area contributed by atoms with E-state index in [1.807, 2.05) is 4.90 Å². The summed E-state index contributed by atoms with van der Waals surface area (Å²) in [5.41, 5.74) is 6.07. The minimum atomic E-state index is -0.668. The average molecular weight is 409 g/mol. The number of carbonyl (C=O) groups excluding carboxylic acids is 1. The lowest BCUT2D eigenvalue weighted by Gasteiger charge is -2.29. The van der Waals surface area contributed by atoms with Gasteiger partial charge in [0.25, 0.3) is 5.91 Å². The number of nitrogens with zero attached hydrogens (tertiary/aromatic N) is 4. The predicted molar refractivity (Wildman–Crippen MR) is 111 cm³/mol. The molecule has 0 saturated carbocycles. The Hall–Kier alpha value is -3.82. The summed E-state index contributed by atoms with van der Waals surface area (Å²) < 4.78 is 14.1. The number of nitrogen functional groups attached to an aromatic ring is 1. The number of benzene rings is 1. The summed E-state index contributed by atoms with van der Waals surface area (Å²) in [4.78, 5) is 41.2. The van der Waals surface area contributed by atoms with Crippen LogP contribution < -0.4 is 21.6 Å². The number of piperidine rings is 1. The fourth-order valence-electron chi connectivity index (χ4n) is 3.39. The Balaban J connectivity index is 1.66. The Morgan fingerprint density at radius 3 is 2.67 bits per heavy atom. The van der Waals surface area contributed by atoms with Crippen molar-refractivity contribution in [3.8, 4) is 11.3 Å². The quantitative estimate of drug-likeness (QED) is 0.602. The van der Waals surface area contributed by atoms with Gasteiger partial charge in [-0.15, -0.1) is 0 Å². The molecule has 2 aromatic heterocycles. The maximum absolute atomic E-state index is 14.1. The van der Waals surface area contributed by atoms with Crippen molar-refractivity contribution in [2.45, 2.75) is 19.3 Å². The maximum Gasteiger partial charge on any atom is 0.346 e. The van der Waals surface area contributed by atoms with Gasteiger partial charge in [0.2, 0.25) is 0 Å². The summed E-state index contributed by atoms with van der Waals surface area (Å²) in [6.07, 6.45) is 5.89. The number of carbonyl (C=O) groups is 1. The van der Waals surface area contributed by atoms with Crippen LogP contribution >= 0.6 is 0 Å². The highest BCUT2D eigenvalue weighted by atomic mass is 19.1. The number of anilines is 3. The smallest absolute Gasteiger partial charge is 0.346 e. The first-order chi connectivity index (χ1) is 14.5. The molecule has 1 amide bonds. The normalized spacial score (nSPS) is 13.8. The molecule has 0 radical (unpaired) electrons. The molecule has 1 aliphatic rings. The van der Waals surface area contributed by atoms with E-state index in [9.17, 15) is 14.0 Å². The van der Waals surface area contributed by atoms with Crippen molar-refractivity contribution < 1.29 is 9.18 Å². The molecule has 0 atom stereocenters. The fourth-order valence-corrected chi connectivity index (χ4v) is 3.39. The van der Waals surface area contributed by atoms with E-state index in [2.05, 4.69) is 25.3 Å². The monoisotopic (exact) mass is 409 g/mol. The van der Waals surface area contributed by atoms with E-state index in [1.54, 1.807) is 12.1 Å². The van der Waals surface area contributed by atoms with Gasteiger partial charge in [-0.1, -0.05) is 12.1 Å². The van der Waals surface area contributed by atoms with Crippen LogP contribution in [0.4, 0.5) is 21.7 Å². The van der Waals surface area contributed by atoms with Crippen LogP contribution in [0.5, 0.6) is 0 Å². The Bertz CT molecular complexity index is 1140. The molecular weight excluding hydrogens is 389 g/mol. The molecule has 1 aromatic carbocycles. The number of hydrogen-bond acceptors (Lipinski definition) is 7. The van der Waals surface area contributed by atoms with E-state index in [-0.39, 0.29) is 28.6 Å². The first-order valence-electron chi connectivity index (χ1n) is 9.56. The molecule has 0 unspecified atom stereocenters. The second kappa shape index (κ2) is 8.27. The first kappa shape index (κ1) is 19.5. The van der Waals surface area contributed by atoms with Gasteiger partial charge in [-0.05, 0) is 31.4 Å². The highest BCUT2D eigenvalue weighted by molar-refractivity contribution is 6.06. The lowest BCUT2D eigenvalue weighted by Crippen LogP contribution is -2.32. The molecule has 3 heterocycles. The largest absolute Gasteiger partial charge is 0.382 e. The number of aromatic amines is 1. The highest BCUT2D eigenvalue weighted by Gasteiger charge is 2.21. The zero-order valence-electron chi connectivity index (χ0n) is 16.1. The van der Waals surface area contributed by atoms with Crippen LogP contribution in [0.15, 0.2) is 41.5 Å². The molecule has 9 nitrogen and oxygen atoms in total. The van der Waals surface area contributed by atoms with Crippen LogP contribution in [0.2, 0.25) is 0 Å².